The van der Waals surface area contributed by atoms with Gasteiger partial charge in [-0.3, -0.25) is 4.79 Å². The molecule has 0 atom stereocenters. The van der Waals surface area contributed by atoms with Crippen LogP contribution >= 0.6 is 0 Å². The number of allylic oxidation sites excluding steroid dienone is 1. The first-order valence-electron chi connectivity index (χ1n) is 10.1. The summed E-state index contributed by atoms with van der Waals surface area (Å²) in [6, 6.07) is 37.0. The Morgan fingerprint density at radius 1 is 0.567 bits per heavy atom. The molecule has 1 heteroatoms. The van der Waals surface area contributed by atoms with Gasteiger partial charge in [0, 0.05) is 5.56 Å². The van der Waals surface area contributed by atoms with E-state index in [1.165, 1.54) is 27.1 Å². The fraction of sp³-hybridized carbons (Fsp3) is 0. The summed E-state index contributed by atoms with van der Waals surface area (Å²) in [4.78, 5) is 12.5. The Morgan fingerprint density at radius 3 is 2.03 bits per heavy atom. The number of rotatable bonds is 4. The van der Waals surface area contributed by atoms with Gasteiger partial charge in [0.25, 0.3) is 0 Å². The van der Waals surface area contributed by atoms with Crippen LogP contribution in [-0.4, -0.2) is 5.78 Å². The van der Waals surface area contributed by atoms with E-state index in [4.69, 9.17) is 0 Å². The fourth-order valence-electron chi connectivity index (χ4n) is 3.95. The number of carbonyl (C=O) groups excluding carboxylic acids is 1. The Hall–Kier alpha value is -3.97. The number of fused-ring (bicyclic) bond motifs is 2. The Kier molecular flexibility index (Phi) is 4.71. The second-order valence-electron chi connectivity index (χ2n) is 7.38. The summed E-state index contributed by atoms with van der Waals surface area (Å²) >= 11 is 0. The van der Waals surface area contributed by atoms with Gasteiger partial charge >= 0.3 is 0 Å². The van der Waals surface area contributed by atoms with Crippen LogP contribution in [0.1, 0.15) is 15.9 Å². The van der Waals surface area contributed by atoms with Crippen molar-refractivity contribution in [2.45, 2.75) is 0 Å². The lowest BCUT2D eigenvalue weighted by Gasteiger charge is -2.11. The van der Waals surface area contributed by atoms with Gasteiger partial charge in [-0.2, -0.15) is 0 Å². The van der Waals surface area contributed by atoms with Crippen LogP contribution < -0.4 is 0 Å². The summed E-state index contributed by atoms with van der Waals surface area (Å²) in [6.45, 7) is 0. The molecular weight excluding hydrogens is 364 g/mol. The van der Waals surface area contributed by atoms with Gasteiger partial charge in [-0.25, -0.2) is 0 Å². The number of ketones is 1. The molecule has 0 heterocycles. The van der Waals surface area contributed by atoms with Crippen LogP contribution in [0.4, 0.5) is 0 Å². The Balaban J connectivity index is 1.62. The number of carbonyl (C=O) groups is 1. The average molecular weight is 384 g/mol. The van der Waals surface area contributed by atoms with Crippen LogP contribution in [0.5, 0.6) is 0 Å². The summed E-state index contributed by atoms with van der Waals surface area (Å²) in [7, 11) is 0. The van der Waals surface area contributed by atoms with Gasteiger partial charge in [-0.1, -0.05) is 103 Å². The molecule has 0 amide bonds. The average Bonchev–Trinajstić information content (AvgIpc) is 2.81. The molecule has 142 valence electrons. The minimum absolute atomic E-state index is 0.00863. The van der Waals surface area contributed by atoms with Crippen LogP contribution in [0.3, 0.4) is 0 Å². The van der Waals surface area contributed by atoms with Crippen molar-refractivity contribution in [3.05, 3.63) is 126 Å². The zero-order valence-corrected chi connectivity index (χ0v) is 16.5. The van der Waals surface area contributed by atoms with Crippen LogP contribution in [0.2, 0.25) is 0 Å². The molecule has 0 aliphatic heterocycles. The van der Waals surface area contributed by atoms with Gasteiger partial charge in [-0.15, -0.1) is 0 Å². The zero-order valence-electron chi connectivity index (χ0n) is 16.5. The highest BCUT2D eigenvalue weighted by molar-refractivity contribution is 6.08. The molecule has 0 fully saturated rings. The highest BCUT2D eigenvalue weighted by atomic mass is 16.1. The third-order valence-corrected chi connectivity index (χ3v) is 5.47. The first kappa shape index (κ1) is 18.1. The largest absolute Gasteiger partial charge is 0.289 e. The summed E-state index contributed by atoms with van der Waals surface area (Å²) < 4.78 is 0. The molecule has 0 bridgehead atoms. The van der Waals surface area contributed by atoms with Gasteiger partial charge in [0.1, 0.15) is 0 Å². The summed E-state index contributed by atoms with van der Waals surface area (Å²) in [5.74, 6) is 0.00863. The molecule has 0 aliphatic carbocycles. The third-order valence-electron chi connectivity index (χ3n) is 5.47. The molecule has 5 rings (SSSR count). The van der Waals surface area contributed by atoms with Gasteiger partial charge in [0.2, 0.25) is 0 Å². The maximum absolute atomic E-state index is 12.5. The van der Waals surface area contributed by atoms with E-state index in [1.807, 2.05) is 48.5 Å². The number of benzene rings is 5. The SMILES string of the molecule is O=C(/C=C/c1ccccc1-c1cccc2cc3ccccc3cc12)c1ccccc1. The van der Waals surface area contributed by atoms with Crippen molar-refractivity contribution in [2.75, 3.05) is 0 Å². The van der Waals surface area contributed by atoms with Gasteiger partial charge in [0.05, 0.1) is 0 Å². The second-order valence-corrected chi connectivity index (χ2v) is 7.38. The van der Waals surface area contributed by atoms with Crippen molar-refractivity contribution < 1.29 is 4.79 Å². The third kappa shape index (κ3) is 3.42. The van der Waals surface area contributed by atoms with E-state index >= 15 is 0 Å². The zero-order chi connectivity index (χ0) is 20.3. The molecule has 0 radical (unpaired) electrons. The minimum Gasteiger partial charge on any atom is -0.289 e. The van der Waals surface area contributed by atoms with Crippen molar-refractivity contribution in [1.82, 2.24) is 0 Å². The van der Waals surface area contributed by atoms with E-state index in [-0.39, 0.29) is 5.78 Å². The molecule has 0 spiro atoms. The summed E-state index contributed by atoms with van der Waals surface area (Å²) in [5, 5.41) is 4.89. The Bertz CT molecular complexity index is 1390. The van der Waals surface area contributed by atoms with Crippen LogP contribution in [0.15, 0.2) is 115 Å². The Labute approximate surface area is 175 Å². The predicted octanol–water partition coefficient (Wildman–Crippen LogP) is 7.56. The lowest BCUT2D eigenvalue weighted by molar-refractivity contribution is 0.104. The summed E-state index contributed by atoms with van der Waals surface area (Å²) in [6.07, 6.45) is 3.58. The second kappa shape index (κ2) is 7.81. The van der Waals surface area contributed by atoms with Crippen LogP contribution in [-0.2, 0) is 0 Å². The number of hydrogen-bond acceptors (Lipinski definition) is 1. The van der Waals surface area contributed by atoms with Gasteiger partial charge in [0.15, 0.2) is 5.78 Å². The predicted molar refractivity (Wildman–Crippen MR) is 127 cm³/mol. The fourth-order valence-corrected chi connectivity index (χ4v) is 3.95. The molecule has 0 aliphatic rings. The molecule has 1 nitrogen and oxygen atoms in total. The van der Waals surface area contributed by atoms with E-state index < -0.39 is 0 Å². The van der Waals surface area contributed by atoms with E-state index in [1.54, 1.807) is 6.08 Å². The van der Waals surface area contributed by atoms with E-state index in [0.717, 1.165) is 11.1 Å². The van der Waals surface area contributed by atoms with E-state index in [0.29, 0.717) is 5.56 Å². The van der Waals surface area contributed by atoms with E-state index in [2.05, 4.69) is 66.7 Å². The molecule has 30 heavy (non-hydrogen) atoms. The van der Waals surface area contributed by atoms with Crippen molar-refractivity contribution in [2.24, 2.45) is 0 Å². The Morgan fingerprint density at radius 2 is 1.20 bits per heavy atom. The maximum atomic E-state index is 12.5. The van der Waals surface area contributed by atoms with Gasteiger partial charge in [-0.05, 0) is 56.4 Å². The normalized spacial score (nSPS) is 11.3. The standard InChI is InChI=1S/C29H20O/c30-29(22-10-2-1-3-11-22)18-17-21-9-6-7-15-26(21)27-16-8-14-25-19-23-12-4-5-13-24(23)20-28(25)27/h1-20H/b18-17+. The molecule has 0 N–H and O–H groups in total. The van der Waals surface area contributed by atoms with Crippen molar-refractivity contribution in [3.63, 3.8) is 0 Å². The first-order valence-corrected chi connectivity index (χ1v) is 10.1. The maximum Gasteiger partial charge on any atom is 0.185 e. The smallest absolute Gasteiger partial charge is 0.185 e. The molecule has 0 saturated heterocycles. The van der Waals surface area contributed by atoms with Crippen LogP contribution in [0, 0.1) is 0 Å². The molecule has 5 aromatic carbocycles. The van der Waals surface area contributed by atoms with Crippen LogP contribution in [0.25, 0.3) is 38.7 Å². The quantitative estimate of drug-likeness (QED) is 0.177. The topological polar surface area (TPSA) is 17.1 Å². The molecular formula is C29H20O. The highest BCUT2D eigenvalue weighted by Gasteiger charge is 2.09. The summed E-state index contributed by atoms with van der Waals surface area (Å²) in [5.41, 5.74) is 4.02. The monoisotopic (exact) mass is 384 g/mol. The number of hydrogen-bond donors (Lipinski definition) is 0. The van der Waals surface area contributed by atoms with Gasteiger partial charge < -0.3 is 0 Å². The van der Waals surface area contributed by atoms with E-state index in [9.17, 15) is 4.79 Å². The van der Waals surface area contributed by atoms with Crippen molar-refractivity contribution in [3.8, 4) is 11.1 Å². The molecule has 5 aromatic rings. The molecule has 0 unspecified atom stereocenters. The van der Waals surface area contributed by atoms with Crippen molar-refractivity contribution in [1.29, 1.82) is 0 Å². The van der Waals surface area contributed by atoms with Crippen molar-refractivity contribution >= 4 is 33.4 Å². The lowest BCUT2D eigenvalue weighted by Crippen LogP contribution is -1.93. The highest BCUT2D eigenvalue weighted by Crippen LogP contribution is 2.34. The minimum atomic E-state index is 0.00863. The molecule has 0 saturated carbocycles. The molecule has 0 aromatic heterocycles. The lowest BCUT2D eigenvalue weighted by atomic mass is 9.92. The first-order chi connectivity index (χ1) is 14.8.